The highest BCUT2D eigenvalue weighted by molar-refractivity contribution is 5.50. The van der Waals surface area contributed by atoms with Crippen molar-refractivity contribution in [3.63, 3.8) is 0 Å². The van der Waals surface area contributed by atoms with E-state index in [1.807, 2.05) is 36.8 Å². The van der Waals surface area contributed by atoms with E-state index in [-0.39, 0.29) is 6.04 Å². The molecule has 2 heterocycles. The third-order valence-corrected chi connectivity index (χ3v) is 2.60. The molecule has 82 valence electrons. The summed E-state index contributed by atoms with van der Waals surface area (Å²) in [4.78, 5) is 8.09. The first kappa shape index (κ1) is 10.6. The fourth-order valence-corrected chi connectivity index (χ4v) is 1.60. The quantitative estimate of drug-likeness (QED) is 0.851. The Bertz CT molecular complexity index is 454. The van der Waals surface area contributed by atoms with E-state index in [1.54, 1.807) is 6.20 Å². The molecule has 2 aromatic rings. The Balaban J connectivity index is 2.14. The predicted octanol–water partition coefficient (Wildman–Crippen LogP) is 2.96. The normalized spacial score (nSPS) is 12.1. The molecular formula is C13H15N3. The van der Waals surface area contributed by atoms with Gasteiger partial charge in [0.2, 0.25) is 0 Å². The minimum atomic E-state index is 0.268. The molecule has 0 aromatic carbocycles. The Morgan fingerprint density at radius 1 is 1.06 bits per heavy atom. The van der Waals surface area contributed by atoms with Crippen molar-refractivity contribution in [2.45, 2.75) is 19.9 Å². The largest absolute Gasteiger partial charge is 0.378 e. The van der Waals surface area contributed by atoms with Gasteiger partial charge in [0.15, 0.2) is 0 Å². The summed E-state index contributed by atoms with van der Waals surface area (Å²) in [6.45, 7) is 4.18. The summed E-state index contributed by atoms with van der Waals surface area (Å²) in [6, 6.07) is 6.30. The SMILES string of the molecule is Cc1cnccc1NC(C)c1ccncc1. The van der Waals surface area contributed by atoms with Gasteiger partial charge < -0.3 is 5.32 Å². The summed E-state index contributed by atoms with van der Waals surface area (Å²) in [5.41, 5.74) is 3.51. The van der Waals surface area contributed by atoms with Gasteiger partial charge in [-0.1, -0.05) is 0 Å². The van der Waals surface area contributed by atoms with Gasteiger partial charge in [-0.3, -0.25) is 9.97 Å². The third kappa shape index (κ3) is 2.37. The second-order valence-electron chi connectivity index (χ2n) is 3.84. The van der Waals surface area contributed by atoms with Gasteiger partial charge in [-0.25, -0.2) is 0 Å². The smallest absolute Gasteiger partial charge is 0.0486 e. The zero-order valence-corrected chi connectivity index (χ0v) is 9.51. The average molecular weight is 213 g/mol. The molecule has 2 aromatic heterocycles. The monoisotopic (exact) mass is 213 g/mol. The van der Waals surface area contributed by atoms with Gasteiger partial charge in [-0.2, -0.15) is 0 Å². The fourth-order valence-electron chi connectivity index (χ4n) is 1.60. The van der Waals surface area contributed by atoms with Gasteiger partial charge in [0.05, 0.1) is 0 Å². The number of anilines is 1. The number of aromatic nitrogens is 2. The van der Waals surface area contributed by atoms with Crippen LogP contribution < -0.4 is 5.32 Å². The molecule has 0 radical (unpaired) electrons. The van der Waals surface area contributed by atoms with Crippen molar-refractivity contribution in [1.82, 2.24) is 9.97 Å². The molecule has 1 atom stereocenters. The van der Waals surface area contributed by atoms with E-state index in [9.17, 15) is 0 Å². The van der Waals surface area contributed by atoms with E-state index >= 15 is 0 Å². The number of nitrogens with zero attached hydrogens (tertiary/aromatic N) is 2. The van der Waals surface area contributed by atoms with E-state index in [4.69, 9.17) is 0 Å². The average Bonchev–Trinajstić information content (AvgIpc) is 2.33. The second-order valence-corrected chi connectivity index (χ2v) is 3.84. The molecule has 0 aliphatic rings. The zero-order valence-electron chi connectivity index (χ0n) is 9.51. The fraction of sp³-hybridized carbons (Fsp3) is 0.231. The number of hydrogen-bond donors (Lipinski definition) is 1. The lowest BCUT2D eigenvalue weighted by Gasteiger charge is -2.16. The standard InChI is InChI=1S/C13H15N3/c1-10-9-15-8-5-13(10)16-11(2)12-3-6-14-7-4-12/h3-9,11H,1-2H3,(H,15,16). The van der Waals surface area contributed by atoms with Crippen LogP contribution in [0, 0.1) is 6.92 Å². The van der Waals surface area contributed by atoms with Crippen LogP contribution in [0.3, 0.4) is 0 Å². The molecule has 3 heteroatoms. The van der Waals surface area contributed by atoms with Gasteiger partial charge in [0, 0.05) is 36.5 Å². The highest BCUT2D eigenvalue weighted by Crippen LogP contribution is 2.20. The van der Waals surface area contributed by atoms with Crippen LogP contribution in [0.2, 0.25) is 0 Å². The minimum absolute atomic E-state index is 0.268. The van der Waals surface area contributed by atoms with Crippen LogP contribution in [-0.2, 0) is 0 Å². The molecule has 16 heavy (non-hydrogen) atoms. The molecule has 0 spiro atoms. The molecule has 0 amide bonds. The second kappa shape index (κ2) is 4.75. The van der Waals surface area contributed by atoms with E-state index in [0.29, 0.717) is 0 Å². The zero-order chi connectivity index (χ0) is 11.4. The number of nitrogens with one attached hydrogen (secondary N) is 1. The Morgan fingerprint density at radius 2 is 1.75 bits per heavy atom. The Labute approximate surface area is 95.6 Å². The van der Waals surface area contributed by atoms with Crippen molar-refractivity contribution in [1.29, 1.82) is 0 Å². The van der Waals surface area contributed by atoms with Crippen LogP contribution in [0.4, 0.5) is 5.69 Å². The Hall–Kier alpha value is -1.90. The molecule has 0 aliphatic carbocycles. The van der Waals surface area contributed by atoms with Crippen molar-refractivity contribution < 1.29 is 0 Å². The molecule has 2 rings (SSSR count). The maximum atomic E-state index is 4.07. The third-order valence-electron chi connectivity index (χ3n) is 2.60. The Morgan fingerprint density at radius 3 is 2.44 bits per heavy atom. The number of pyridine rings is 2. The van der Waals surface area contributed by atoms with E-state index in [2.05, 4.69) is 29.1 Å². The molecule has 0 bridgehead atoms. The lowest BCUT2D eigenvalue weighted by molar-refractivity contribution is 0.877. The molecule has 0 saturated heterocycles. The lowest BCUT2D eigenvalue weighted by Crippen LogP contribution is -2.07. The van der Waals surface area contributed by atoms with Gasteiger partial charge in [0.25, 0.3) is 0 Å². The van der Waals surface area contributed by atoms with Crippen molar-refractivity contribution in [3.8, 4) is 0 Å². The van der Waals surface area contributed by atoms with E-state index in [0.717, 1.165) is 11.3 Å². The number of hydrogen-bond acceptors (Lipinski definition) is 3. The first-order chi connectivity index (χ1) is 7.77. The van der Waals surface area contributed by atoms with Gasteiger partial charge in [0.1, 0.15) is 0 Å². The van der Waals surface area contributed by atoms with Crippen molar-refractivity contribution in [2.24, 2.45) is 0 Å². The highest BCUT2D eigenvalue weighted by atomic mass is 14.9. The van der Waals surface area contributed by atoms with Crippen LogP contribution in [-0.4, -0.2) is 9.97 Å². The van der Waals surface area contributed by atoms with Gasteiger partial charge in [-0.05, 0) is 43.2 Å². The number of rotatable bonds is 3. The first-order valence-electron chi connectivity index (χ1n) is 5.34. The lowest BCUT2D eigenvalue weighted by atomic mass is 10.1. The summed E-state index contributed by atoms with van der Waals surface area (Å²) >= 11 is 0. The summed E-state index contributed by atoms with van der Waals surface area (Å²) in [7, 11) is 0. The molecule has 1 N–H and O–H groups in total. The van der Waals surface area contributed by atoms with E-state index < -0.39 is 0 Å². The minimum Gasteiger partial charge on any atom is -0.378 e. The maximum Gasteiger partial charge on any atom is 0.0486 e. The summed E-state index contributed by atoms with van der Waals surface area (Å²) in [6.07, 6.45) is 7.29. The highest BCUT2D eigenvalue weighted by Gasteiger charge is 2.05. The Kier molecular flexibility index (Phi) is 3.15. The van der Waals surface area contributed by atoms with Crippen LogP contribution in [0.5, 0.6) is 0 Å². The van der Waals surface area contributed by atoms with Crippen molar-refractivity contribution in [3.05, 3.63) is 54.1 Å². The predicted molar refractivity (Wildman–Crippen MR) is 65.2 cm³/mol. The van der Waals surface area contributed by atoms with Crippen LogP contribution in [0.1, 0.15) is 24.1 Å². The number of aryl methyl sites for hydroxylation is 1. The summed E-state index contributed by atoms with van der Waals surface area (Å²) in [5, 5.41) is 3.46. The first-order valence-corrected chi connectivity index (χ1v) is 5.34. The molecule has 0 aliphatic heterocycles. The molecule has 0 saturated carbocycles. The summed E-state index contributed by atoms with van der Waals surface area (Å²) < 4.78 is 0. The van der Waals surface area contributed by atoms with Crippen LogP contribution >= 0.6 is 0 Å². The van der Waals surface area contributed by atoms with Gasteiger partial charge >= 0.3 is 0 Å². The van der Waals surface area contributed by atoms with Crippen LogP contribution in [0.15, 0.2) is 43.0 Å². The molecule has 1 unspecified atom stereocenters. The van der Waals surface area contributed by atoms with E-state index in [1.165, 1.54) is 5.56 Å². The molecule has 0 fully saturated rings. The molecule has 3 nitrogen and oxygen atoms in total. The van der Waals surface area contributed by atoms with Crippen molar-refractivity contribution in [2.75, 3.05) is 5.32 Å². The van der Waals surface area contributed by atoms with Crippen molar-refractivity contribution >= 4 is 5.69 Å². The maximum absolute atomic E-state index is 4.07. The topological polar surface area (TPSA) is 37.8 Å². The summed E-state index contributed by atoms with van der Waals surface area (Å²) in [5.74, 6) is 0. The van der Waals surface area contributed by atoms with Crippen LogP contribution in [0.25, 0.3) is 0 Å². The van der Waals surface area contributed by atoms with Gasteiger partial charge in [-0.15, -0.1) is 0 Å². The molecular weight excluding hydrogens is 198 g/mol.